The zero-order valence-electron chi connectivity index (χ0n) is 24.1. The third kappa shape index (κ3) is 8.51. The molecule has 0 saturated heterocycles. The summed E-state index contributed by atoms with van der Waals surface area (Å²) in [4.78, 5) is 29.3. The minimum absolute atomic E-state index is 0.0948. The zero-order valence-corrected chi connectivity index (χ0v) is 24.9. The Morgan fingerprint density at radius 1 is 0.791 bits per heavy atom. The molecule has 1 unspecified atom stereocenters. The second-order valence-corrected chi connectivity index (χ2v) is 12.0. The first kappa shape index (κ1) is 31.4. The molecule has 0 radical (unpaired) electrons. The third-order valence-corrected chi connectivity index (χ3v) is 8.81. The molecule has 1 atom stereocenters. The molecule has 224 valence electrons. The predicted molar refractivity (Wildman–Crippen MR) is 166 cm³/mol. The quantitative estimate of drug-likeness (QED) is 0.191. The summed E-state index contributed by atoms with van der Waals surface area (Å²) in [6.45, 7) is 2.02. The normalized spacial score (nSPS) is 11.9. The standard InChI is InChI=1S/C34H36FN3O4S/c1-2-3-23-36-34(40)32(24-27-13-7-4-8-14-27)37(25-28-15-9-5-10-16-28)33(39)26-38(30-17-11-6-12-18-30)43(41,42)31-21-19-29(35)20-22-31/h4-22,32H,2-3,23-26H2,1H3,(H,36,40). The summed E-state index contributed by atoms with van der Waals surface area (Å²) in [6.07, 6.45) is 1.92. The zero-order chi connectivity index (χ0) is 30.7. The highest BCUT2D eigenvalue weighted by Crippen LogP contribution is 2.25. The first-order chi connectivity index (χ1) is 20.8. The summed E-state index contributed by atoms with van der Waals surface area (Å²) in [5.41, 5.74) is 1.93. The molecule has 4 rings (SSSR count). The van der Waals surface area contributed by atoms with Gasteiger partial charge < -0.3 is 10.2 Å². The van der Waals surface area contributed by atoms with Gasteiger partial charge in [0.1, 0.15) is 18.4 Å². The number of nitrogens with one attached hydrogen (secondary N) is 1. The van der Waals surface area contributed by atoms with Gasteiger partial charge in [-0.2, -0.15) is 0 Å². The van der Waals surface area contributed by atoms with Crippen LogP contribution in [-0.4, -0.2) is 44.3 Å². The number of para-hydroxylation sites is 1. The highest BCUT2D eigenvalue weighted by Gasteiger charge is 2.34. The Labute approximate surface area is 253 Å². The van der Waals surface area contributed by atoms with Gasteiger partial charge in [-0.15, -0.1) is 0 Å². The first-order valence-electron chi connectivity index (χ1n) is 14.3. The van der Waals surface area contributed by atoms with Crippen molar-refractivity contribution < 1.29 is 22.4 Å². The molecule has 0 bridgehead atoms. The number of benzene rings is 4. The molecule has 0 fully saturated rings. The van der Waals surface area contributed by atoms with E-state index in [0.29, 0.717) is 6.54 Å². The van der Waals surface area contributed by atoms with E-state index in [2.05, 4.69) is 5.32 Å². The van der Waals surface area contributed by atoms with Gasteiger partial charge in [-0.05, 0) is 53.9 Å². The van der Waals surface area contributed by atoms with E-state index in [1.165, 1.54) is 17.0 Å². The van der Waals surface area contributed by atoms with Gasteiger partial charge in [0.05, 0.1) is 10.6 Å². The fourth-order valence-corrected chi connectivity index (χ4v) is 6.11. The lowest BCUT2D eigenvalue weighted by atomic mass is 10.0. The van der Waals surface area contributed by atoms with Crippen LogP contribution >= 0.6 is 0 Å². The van der Waals surface area contributed by atoms with Crippen molar-refractivity contribution in [3.05, 3.63) is 132 Å². The van der Waals surface area contributed by atoms with Crippen LogP contribution in [0.3, 0.4) is 0 Å². The summed E-state index contributed by atoms with van der Waals surface area (Å²) in [5, 5.41) is 2.97. The van der Waals surface area contributed by atoms with E-state index in [9.17, 15) is 22.4 Å². The second-order valence-electron chi connectivity index (χ2n) is 10.2. The molecule has 0 aliphatic carbocycles. The van der Waals surface area contributed by atoms with Gasteiger partial charge in [0, 0.05) is 19.5 Å². The Morgan fingerprint density at radius 2 is 1.35 bits per heavy atom. The monoisotopic (exact) mass is 601 g/mol. The average Bonchev–Trinajstić information content (AvgIpc) is 3.03. The van der Waals surface area contributed by atoms with Crippen molar-refractivity contribution in [2.45, 2.75) is 43.7 Å². The lowest BCUT2D eigenvalue weighted by Crippen LogP contribution is -2.53. The van der Waals surface area contributed by atoms with Gasteiger partial charge in [0.15, 0.2) is 0 Å². The van der Waals surface area contributed by atoms with Gasteiger partial charge in [0.25, 0.3) is 10.0 Å². The smallest absolute Gasteiger partial charge is 0.264 e. The Hall–Kier alpha value is -4.50. The number of anilines is 1. The molecule has 0 heterocycles. The van der Waals surface area contributed by atoms with E-state index in [1.807, 2.05) is 67.6 Å². The number of amides is 2. The van der Waals surface area contributed by atoms with Crippen LogP contribution < -0.4 is 9.62 Å². The highest BCUT2D eigenvalue weighted by molar-refractivity contribution is 7.92. The van der Waals surface area contributed by atoms with Crippen molar-refractivity contribution in [2.24, 2.45) is 0 Å². The lowest BCUT2D eigenvalue weighted by molar-refractivity contribution is -0.140. The number of nitrogens with zero attached hydrogens (tertiary/aromatic N) is 2. The number of unbranched alkanes of at least 4 members (excludes halogenated alkanes) is 1. The number of halogens is 1. The van der Waals surface area contributed by atoms with Crippen molar-refractivity contribution in [1.29, 1.82) is 0 Å². The molecular formula is C34H36FN3O4S. The van der Waals surface area contributed by atoms with Gasteiger partial charge in [-0.25, -0.2) is 12.8 Å². The van der Waals surface area contributed by atoms with Crippen molar-refractivity contribution >= 4 is 27.5 Å². The molecule has 7 nitrogen and oxygen atoms in total. The van der Waals surface area contributed by atoms with Crippen LogP contribution in [0.5, 0.6) is 0 Å². The second kappa shape index (κ2) is 15.1. The number of hydrogen-bond donors (Lipinski definition) is 1. The largest absolute Gasteiger partial charge is 0.354 e. The van der Waals surface area contributed by atoms with Gasteiger partial charge >= 0.3 is 0 Å². The van der Waals surface area contributed by atoms with E-state index in [-0.39, 0.29) is 29.5 Å². The van der Waals surface area contributed by atoms with Gasteiger partial charge in [-0.3, -0.25) is 13.9 Å². The molecule has 0 aliphatic heterocycles. The Morgan fingerprint density at radius 3 is 1.93 bits per heavy atom. The van der Waals surface area contributed by atoms with Crippen molar-refractivity contribution in [2.75, 3.05) is 17.4 Å². The molecule has 0 aliphatic rings. The molecule has 4 aromatic rings. The number of carbonyl (C=O) groups excluding carboxylic acids is 2. The molecule has 2 amide bonds. The van der Waals surface area contributed by atoms with Crippen LogP contribution in [0, 0.1) is 5.82 Å². The SMILES string of the molecule is CCCCNC(=O)C(Cc1ccccc1)N(Cc1ccccc1)C(=O)CN(c1ccccc1)S(=O)(=O)c1ccc(F)cc1. The highest BCUT2D eigenvalue weighted by atomic mass is 32.2. The van der Waals surface area contributed by atoms with E-state index in [0.717, 1.165) is 40.4 Å². The fourth-order valence-electron chi connectivity index (χ4n) is 4.70. The number of hydrogen-bond acceptors (Lipinski definition) is 4. The minimum atomic E-state index is -4.28. The maximum atomic E-state index is 14.3. The van der Waals surface area contributed by atoms with E-state index >= 15 is 0 Å². The van der Waals surface area contributed by atoms with Crippen molar-refractivity contribution in [3.8, 4) is 0 Å². The number of sulfonamides is 1. The molecular weight excluding hydrogens is 565 g/mol. The van der Waals surface area contributed by atoms with Crippen molar-refractivity contribution in [1.82, 2.24) is 10.2 Å². The van der Waals surface area contributed by atoms with Gasteiger partial charge in [0.2, 0.25) is 11.8 Å². The maximum absolute atomic E-state index is 14.3. The molecule has 0 saturated carbocycles. The molecule has 9 heteroatoms. The molecule has 0 spiro atoms. The van der Waals surface area contributed by atoms with Crippen LogP contribution in [0.4, 0.5) is 10.1 Å². The maximum Gasteiger partial charge on any atom is 0.264 e. The summed E-state index contributed by atoms with van der Waals surface area (Å²) >= 11 is 0. The van der Waals surface area contributed by atoms with Gasteiger partial charge in [-0.1, -0.05) is 92.2 Å². The summed E-state index contributed by atoms with van der Waals surface area (Å²) in [7, 11) is -4.28. The van der Waals surface area contributed by atoms with E-state index < -0.39 is 34.3 Å². The molecule has 4 aromatic carbocycles. The Balaban J connectivity index is 1.75. The number of carbonyl (C=O) groups is 2. The Kier molecular flexibility index (Phi) is 11.0. The Bertz CT molecular complexity index is 1570. The van der Waals surface area contributed by atoms with Crippen LogP contribution in [0.1, 0.15) is 30.9 Å². The van der Waals surface area contributed by atoms with E-state index in [1.54, 1.807) is 30.3 Å². The van der Waals surface area contributed by atoms with Crippen molar-refractivity contribution in [3.63, 3.8) is 0 Å². The minimum Gasteiger partial charge on any atom is -0.354 e. The molecule has 43 heavy (non-hydrogen) atoms. The first-order valence-corrected chi connectivity index (χ1v) is 15.7. The number of rotatable bonds is 14. The van der Waals surface area contributed by atoms with Crippen LogP contribution in [0.25, 0.3) is 0 Å². The lowest BCUT2D eigenvalue weighted by Gasteiger charge is -2.34. The van der Waals surface area contributed by atoms with E-state index in [4.69, 9.17) is 0 Å². The summed E-state index contributed by atoms with van der Waals surface area (Å²) < 4.78 is 42.4. The summed E-state index contributed by atoms with van der Waals surface area (Å²) in [6, 6.07) is 30.5. The topological polar surface area (TPSA) is 86.8 Å². The van der Waals surface area contributed by atoms with Crippen LogP contribution in [-0.2, 0) is 32.6 Å². The average molecular weight is 602 g/mol. The molecule has 1 N–H and O–H groups in total. The fraction of sp³-hybridized carbons (Fsp3) is 0.235. The molecule has 0 aromatic heterocycles. The van der Waals surface area contributed by atoms with Crippen LogP contribution in [0.2, 0.25) is 0 Å². The predicted octanol–water partition coefficient (Wildman–Crippen LogP) is 5.58. The third-order valence-electron chi connectivity index (χ3n) is 7.02. The summed E-state index contributed by atoms with van der Waals surface area (Å²) in [5.74, 6) is -1.44. The van der Waals surface area contributed by atoms with Crippen LogP contribution in [0.15, 0.2) is 120 Å².